The van der Waals surface area contributed by atoms with E-state index in [0.29, 0.717) is 12.5 Å². The normalized spacial score (nSPS) is 26.5. The second-order valence-electron chi connectivity index (χ2n) is 5.86. The van der Waals surface area contributed by atoms with Gasteiger partial charge in [-0.2, -0.15) is 0 Å². The molecule has 0 unspecified atom stereocenters. The van der Waals surface area contributed by atoms with Crippen molar-refractivity contribution in [3.63, 3.8) is 0 Å². The molecular weight excluding hydrogens is 200 g/mol. The Balaban J connectivity index is 2.26. The van der Waals surface area contributed by atoms with E-state index in [-0.39, 0.29) is 5.91 Å². The zero-order valence-corrected chi connectivity index (χ0v) is 10.9. The average molecular weight is 226 g/mol. The summed E-state index contributed by atoms with van der Waals surface area (Å²) < 4.78 is 0. The van der Waals surface area contributed by atoms with Crippen molar-refractivity contribution < 1.29 is 4.79 Å². The van der Waals surface area contributed by atoms with Crippen molar-refractivity contribution in [1.29, 1.82) is 0 Å². The van der Waals surface area contributed by atoms with E-state index in [1.807, 2.05) is 13.8 Å². The van der Waals surface area contributed by atoms with Gasteiger partial charge in [0.25, 0.3) is 0 Å². The van der Waals surface area contributed by atoms with Crippen LogP contribution in [-0.2, 0) is 4.79 Å². The van der Waals surface area contributed by atoms with Gasteiger partial charge >= 0.3 is 0 Å². The maximum atomic E-state index is 11.7. The lowest BCUT2D eigenvalue weighted by atomic mass is 9.84. The first-order chi connectivity index (χ1) is 7.40. The van der Waals surface area contributed by atoms with Gasteiger partial charge in [0.2, 0.25) is 5.91 Å². The van der Waals surface area contributed by atoms with E-state index in [4.69, 9.17) is 5.73 Å². The molecule has 94 valence electrons. The Kier molecular flexibility index (Phi) is 4.78. The van der Waals surface area contributed by atoms with Gasteiger partial charge in [-0.3, -0.25) is 4.79 Å². The number of rotatable bonds is 4. The smallest absolute Gasteiger partial charge is 0.222 e. The van der Waals surface area contributed by atoms with Crippen LogP contribution in [0.3, 0.4) is 0 Å². The van der Waals surface area contributed by atoms with Gasteiger partial charge in [0.1, 0.15) is 0 Å². The number of nitrogens with one attached hydrogen (secondary N) is 1. The van der Waals surface area contributed by atoms with Crippen LogP contribution < -0.4 is 11.1 Å². The summed E-state index contributed by atoms with van der Waals surface area (Å²) in [5.41, 5.74) is 5.43. The van der Waals surface area contributed by atoms with Crippen LogP contribution in [0.25, 0.3) is 0 Å². The number of carbonyl (C=O) groups is 1. The molecule has 1 aliphatic rings. The largest absolute Gasteiger partial charge is 0.353 e. The quantitative estimate of drug-likeness (QED) is 0.772. The lowest BCUT2D eigenvalue weighted by molar-refractivity contribution is -0.123. The van der Waals surface area contributed by atoms with Crippen LogP contribution in [-0.4, -0.2) is 17.5 Å². The van der Waals surface area contributed by atoms with Crippen molar-refractivity contribution in [3.8, 4) is 0 Å². The summed E-state index contributed by atoms with van der Waals surface area (Å²) in [6.45, 7) is 6.03. The fourth-order valence-electron chi connectivity index (χ4n) is 2.41. The van der Waals surface area contributed by atoms with Crippen molar-refractivity contribution >= 4 is 5.91 Å². The summed E-state index contributed by atoms with van der Waals surface area (Å²) in [5, 5.41) is 3.10. The van der Waals surface area contributed by atoms with Crippen molar-refractivity contribution in [3.05, 3.63) is 0 Å². The number of nitrogens with two attached hydrogens (primary N) is 1. The SMILES string of the molecule is CCC1CCC(NC(=O)CC(C)(C)N)CC1. The highest BCUT2D eigenvalue weighted by Gasteiger charge is 2.23. The molecule has 0 saturated heterocycles. The van der Waals surface area contributed by atoms with Gasteiger partial charge in [-0.1, -0.05) is 13.3 Å². The van der Waals surface area contributed by atoms with Crippen molar-refractivity contribution in [1.82, 2.24) is 5.32 Å². The molecule has 3 heteroatoms. The van der Waals surface area contributed by atoms with Crippen LogP contribution in [0.1, 0.15) is 59.3 Å². The van der Waals surface area contributed by atoms with Crippen LogP contribution in [0.4, 0.5) is 0 Å². The van der Waals surface area contributed by atoms with Crippen molar-refractivity contribution in [2.24, 2.45) is 11.7 Å². The molecule has 0 heterocycles. The van der Waals surface area contributed by atoms with E-state index in [2.05, 4.69) is 12.2 Å². The lowest BCUT2D eigenvalue weighted by Crippen LogP contribution is -2.43. The first kappa shape index (κ1) is 13.5. The van der Waals surface area contributed by atoms with E-state index in [1.165, 1.54) is 19.3 Å². The lowest BCUT2D eigenvalue weighted by Gasteiger charge is -2.29. The molecule has 1 saturated carbocycles. The molecule has 0 spiro atoms. The molecule has 0 aromatic rings. The third-order valence-electron chi connectivity index (χ3n) is 3.41. The first-order valence-electron chi connectivity index (χ1n) is 6.49. The maximum Gasteiger partial charge on any atom is 0.222 e. The Morgan fingerprint density at radius 2 is 1.88 bits per heavy atom. The predicted molar refractivity (Wildman–Crippen MR) is 67.1 cm³/mol. The van der Waals surface area contributed by atoms with Gasteiger partial charge in [-0.05, 0) is 45.4 Å². The van der Waals surface area contributed by atoms with Crippen LogP contribution >= 0.6 is 0 Å². The highest BCUT2D eigenvalue weighted by atomic mass is 16.1. The van der Waals surface area contributed by atoms with E-state index in [9.17, 15) is 4.79 Å². The minimum atomic E-state index is -0.398. The molecule has 0 atom stereocenters. The Morgan fingerprint density at radius 1 is 1.31 bits per heavy atom. The molecule has 0 radical (unpaired) electrons. The van der Waals surface area contributed by atoms with Crippen LogP contribution in [0.15, 0.2) is 0 Å². The van der Waals surface area contributed by atoms with Gasteiger partial charge in [0, 0.05) is 18.0 Å². The molecule has 0 bridgehead atoms. The maximum absolute atomic E-state index is 11.7. The summed E-state index contributed by atoms with van der Waals surface area (Å²) in [4.78, 5) is 11.7. The molecule has 1 rings (SSSR count). The number of hydrogen-bond acceptors (Lipinski definition) is 2. The highest BCUT2D eigenvalue weighted by molar-refractivity contribution is 5.77. The molecule has 1 fully saturated rings. The molecule has 1 aliphatic carbocycles. The molecule has 3 N–H and O–H groups in total. The third-order valence-corrected chi connectivity index (χ3v) is 3.41. The standard InChI is InChI=1S/C13H26N2O/c1-4-10-5-7-11(8-6-10)15-12(16)9-13(2,3)14/h10-11H,4-9,14H2,1-3H3,(H,15,16). The van der Waals surface area contributed by atoms with Crippen LogP contribution in [0, 0.1) is 5.92 Å². The van der Waals surface area contributed by atoms with E-state index in [1.54, 1.807) is 0 Å². The van der Waals surface area contributed by atoms with E-state index in [0.717, 1.165) is 18.8 Å². The molecule has 3 nitrogen and oxygen atoms in total. The van der Waals surface area contributed by atoms with Gasteiger partial charge in [-0.15, -0.1) is 0 Å². The van der Waals surface area contributed by atoms with Gasteiger partial charge in [0.05, 0.1) is 0 Å². The number of carbonyl (C=O) groups excluding carboxylic acids is 1. The average Bonchev–Trinajstić information content (AvgIpc) is 2.16. The molecule has 0 aliphatic heterocycles. The molecule has 0 aromatic heterocycles. The molecular formula is C13H26N2O. The molecule has 0 aromatic carbocycles. The van der Waals surface area contributed by atoms with Crippen molar-refractivity contribution in [2.45, 2.75) is 70.9 Å². The highest BCUT2D eigenvalue weighted by Crippen LogP contribution is 2.26. The monoisotopic (exact) mass is 226 g/mol. The van der Waals surface area contributed by atoms with Gasteiger partial charge in [0.15, 0.2) is 0 Å². The topological polar surface area (TPSA) is 55.1 Å². The minimum Gasteiger partial charge on any atom is -0.353 e. The zero-order chi connectivity index (χ0) is 12.2. The minimum absolute atomic E-state index is 0.104. The fourth-order valence-corrected chi connectivity index (χ4v) is 2.41. The fraction of sp³-hybridized carbons (Fsp3) is 0.923. The Labute approximate surface area is 99.2 Å². The summed E-state index contributed by atoms with van der Waals surface area (Å²) in [6, 6.07) is 0.387. The predicted octanol–water partition coefficient (Wildman–Crippen LogP) is 2.20. The third kappa shape index (κ3) is 4.97. The van der Waals surface area contributed by atoms with Crippen LogP contribution in [0.2, 0.25) is 0 Å². The molecule has 1 amide bonds. The summed E-state index contributed by atoms with van der Waals surface area (Å²) in [6.07, 6.45) is 6.47. The Morgan fingerprint density at radius 3 is 2.31 bits per heavy atom. The molecule has 16 heavy (non-hydrogen) atoms. The second kappa shape index (κ2) is 5.67. The first-order valence-corrected chi connectivity index (χ1v) is 6.49. The van der Waals surface area contributed by atoms with E-state index >= 15 is 0 Å². The van der Waals surface area contributed by atoms with Crippen molar-refractivity contribution in [2.75, 3.05) is 0 Å². The Bertz CT molecular complexity index is 225. The summed E-state index contributed by atoms with van der Waals surface area (Å²) in [5.74, 6) is 0.978. The Hall–Kier alpha value is -0.570. The van der Waals surface area contributed by atoms with Gasteiger partial charge in [-0.25, -0.2) is 0 Å². The summed E-state index contributed by atoms with van der Waals surface area (Å²) >= 11 is 0. The second-order valence-corrected chi connectivity index (χ2v) is 5.86. The van der Waals surface area contributed by atoms with Crippen LogP contribution in [0.5, 0.6) is 0 Å². The summed E-state index contributed by atoms with van der Waals surface area (Å²) in [7, 11) is 0. The van der Waals surface area contributed by atoms with E-state index < -0.39 is 5.54 Å². The number of amides is 1. The zero-order valence-electron chi connectivity index (χ0n) is 10.9. The number of hydrogen-bond donors (Lipinski definition) is 2. The van der Waals surface area contributed by atoms with Gasteiger partial charge < -0.3 is 11.1 Å².